The highest BCUT2D eigenvalue weighted by Crippen LogP contribution is 2.10. The summed E-state index contributed by atoms with van der Waals surface area (Å²) in [6, 6.07) is 0. The lowest BCUT2D eigenvalue weighted by atomic mass is 10.4. The molecular formula is C9H15N3O3. The van der Waals surface area contributed by atoms with Crippen molar-refractivity contribution in [3.05, 3.63) is 11.9 Å². The molecule has 0 aliphatic heterocycles. The zero-order chi connectivity index (χ0) is 11.3. The lowest BCUT2D eigenvalue weighted by Crippen LogP contribution is -2.12. The highest BCUT2D eigenvalue weighted by molar-refractivity contribution is 5.92. The fourth-order valence-corrected chi connectivity index (χ4v) is 1.04. The first-order valence-electron chi connectivity index (χ1n) is 4.68. The summed E-state index contributed by atoms with van der Waals surface area (Å²) in [5, 5.41) is 3.98. The number of methoxy groups -OCH3 is 1. The molecule has 0 fully saturated rings. The number of hydrogen-bond acceptors (Lipinski definition) is 5. The van der Waals surface area contributed by atoms with E-state index in [-0.39, 0.29) is 12.3 Å². The third-order valence-electron chi connectivity index (χ3n) is 1.83. The molecule has 0 bridgehead atoms. The van der Waals surface area contributed by atoms with Gasteiger partial charge in [0.25, 0.3) is 0 Å². The maximum absolute atomic E-state index is 11.4. The van der Waals surface area contributed by atoms with Crippen molar-refractivity contribution in [3.8, 4) is 0 Å². The second kappa shape index (κ2) is 5.35. The fraction of sp³-hybridized carbons (Fsp3) is 0.556. The number of carbonyl (C=O) groups is 1. The molecule has 1 aromatic rings. The van der Waals surface area contributed by atoms with Crippen LogP contribution in [-0.2, 0) is 16.0 Å². The lowest BCUT2D eigenvalue weighted by molar-refractivity contribution is 0.0382. The molecule has 0 aliphatic carbocycles. The van der Waals surface area contributed by atoms with Crippen LogP contribution in [0, 0.1) is 0 Å². The molecule has 1 rings (SSSR count). The van der Waals surface area contributed by atoms with Gasteiger partial charge in [0.2, 0.25) is 0 Å². The Hall–Kier alpha value is -1.56. The molecule has 0 aromatic carbocycles. The van der Waals surface area contributed by atoms with Crippen LogP contribution in [0.2, 0.25) is 0 Å². The number of anilines is 1. The predicted molar refractivity (Wildman–Crippen MR) is 54.5 cm³/mol. The van der Waals surface area contributed by atoms with Gasteiger partial charge in [-0.3, -0.25) is 4.68 Å². The van der Waals surface area contributed by atoms with E-state index in [1.807, 2.05) is 6.92 Å². The van der Waals surface area contributed by atoms with Crippen LogP contribution in [0.5, 0.6) is 0 Å². The lowest BCUT2D eigenvalue weighted by Gasteiger charge is -2.01. The largest absolute Gasteiger partial charge is 0.458 e. The number of nitrogens with zero attached hydrogens (tertiary/aromatic N) is 2. The molecule has 0 radical (unpaired) electrons. The van der Waals surface area contributed by atoms with Gasteiger partial charge in [0.15, 0.2) is 5.69 Å². The number of ether oxygens (including phenoxy) is 2. The highest BCUT2D eigenvalue weighted by Gasteiger charge is 2.15. The van der Waals surface area contributed by atoms with Crippen molar-refractivity contribution in [3.63, 3.8) is 0 Å². The molecule has 15 heavy (non-hydrogen) atoms. The molecule has 1 heterocycles. The number of nitrogen functional groups attached to an aromatic ring is 1. The van der Waals surface area contributed by atoms with E-state index in [4.69, 9.17) is 15.2 Å². The average Bonchev–Trinajstić information content (AvgIpc) is 2.60. The predicted octanol–water partition coefficient (Wildman–Crippen LogP) is 0.288. The van der Waals surface area contributed by atoms with Crippen molar-refractivity contribution < 1.29 is 14.3 Å². The van der Waals surface area contributed by atoms with Gasteiger partial charge in [0, 0.05) is 19.9 Å². The second-order valence-electron chi connectivity index (χ2n) is 2.92. The van der Waals surface area contributed by atoms with E-state index in [9.17, 15) is 4.79 Å². The molecule has 6 nitrogen and oxygen atoms in total. The summed E-state index contributed by atoms with van der Waals surface area (Å²) in [4.78, 5) is 11.4. The Bertz CT molecular complexity index is 335. The van der Waals surface area contributed by atoms with E-state index in [2.05, 4.69) is 5.10 Å². The Morgan fingerprint density at radius 3 is 2.87 bits per heavy atom. The van der Waals surface area contributed by atoms with Crippen LogP contribution in [0.4, 0.5) is 5.69 Å². The molecule has 0 saturated carbocycles. The molecule has 84 valence electrons. The van der Waals surface area contributed by atoms with Gasteiger partial charge in [-0.25, -0.2) is 4.79 Å². The van der Waals surface area contributed by atoms with E-state index in [1.165, 1.54) is 7.11 Å². The molecule has 1 aromatic heterocycles. The summed E-state index contributed by atoms with van der Waals surface area (Å²) in [5.74, 6) is -0.517. The number of aryl methyl sites for hydroxylation is 1. The SMILES string of the molecule is CCn1cc(N)c(C(=O)OCCOC)n1. The van der Waals surface area contributed by atoms with Crippen molar-refractivity contribution in [1.82, 2.24) is 9.78 Å². The number of rotatable bonds is 5. The minimum absolute atomic E-state index is 0.160. The zero-order valence-corrected chi connectivity index (χ0v) is 8.90. The van der Waals surface area contributed by atoms with E-state index in [0.717, 1.165) is 0 Å². The van der Waals surface area contributed by atoms with E-state index < -0.39 is 5.97 Å². The van der Waals surface area contributed by atoms with E-state index in [0.29, 0.717) is 18.8 Å². The summed E-state index contributed by atoms with van der Waals surface area (Å²) < 4.78 is 11.2. The monoisotopic (exact) mass is 213 g/mol. The van der Waals surface area contributed by atoms with Gasteiger partial charge < -0.3 is 15.2 Å². The van der Waals surface area contributed by atoms with Crippen LogP contribution in [-0.4, -0.2) is 36.1 Å². The minimum atomic E-state index is -0.517. The van der Waals surface area contributed by atoms with Gasteiger partial charge in [-0.2, -0.15) is 5.10 Å². The van der Waals surface area contributed by atoms with Gasteiger partial charge in [-0.15, -0.1) is 0 Å². The molecule has 0 spiro atoms. The van der Waals surface area contributed by atoms with Gasteiger partial charge in [0.05, 0.1) is 12.3 Å². The third-order valence-corrected chi connectivity index (χ3v) is 1.83. The van der Waals surface area contributed by atoms with Crippen molar-refractivity contribution in [2.75, 3.05) is 26.1 Å². The number of hydrogen-bond donors (Lipinski definition) is 1. The summed E-state index contributed by atoms with van der Waals surface area (Å²) in [7, 11) is 1.54. The van der Waals surface area contributed by atoms with Crippen LogP contribution >= 0.6 is 0 Å². The summed E-state index contributed by atoms with van der Waals surface area (Å²) in [6.45, 7) is 3.13. The zero-order valence-electron chi connectivity index (χ0n) is 8.90. The van der Waals surface area contributed by atoms with Crippen molar-refractivity contribution in [2.24, 2.45) is 0 Å². The molecule has 0 atom stereocenters. The molecule has 2 N–H and O–H groups in total. The van der Waals surface area contributed by atoms with Crippen molar-refractivity contribution in [2.45, 2.75) is 13.5 Å². The van der Waals surface area contributed by atoms with Crippen LogP contribution in [0.1, 0.15) is 17.4 Å². The Labute approximate surface area is 88.0 Å². The van der Waals surface area contributed by atoms with Crippen LogP contribution < -0.4 is 5.73 Å². The number of esters is 1. The Kier molecular flexibility index (Phi) is 4.11. The maximum atomic E-state index is 11.4. The molecule has 0 aliphatic rings. The minimum Gasteiger partial charge on any atom is -0.458 e. The summed E-state index contributed by atoms with van der Waals surface area (Å²) >= 11 is 0. The third kappa shape index (κ3) is 2.95. The van der Waals surface area contributed by atoms with E-state index >= 15 is 0 Å². The number of carbonyl (C=O) groups excluding carboxylic acids is 1. The molecule has 0 amide bonds. The van der Waals surface area contributed by atoms with Crippen LogP contribution in [0.15, 0.2) is 6.20 Å². The Balaban J connectivity index is 2.60. The average molecular weight is 213 g/mol. The van der Waals surface area contributed by atoms with Crippen LogP contribution in [0.3, 0.4) is 0 Å². The highest BCUT2D eigenvalue weighted by atomic mass is 16.6. The first-order valence-corrected chi connectivity index (χ1v) is 4.68. The normalized spacial score (nSPS) is 10.3. The van der Waals surface area contributed by atoms with Gasteiger partial charge in [0.1, 0.15) is 6.61 Å². The van der Waals surface area contributed by atoms with Crippen molar-refractivity contribution in [1.29, 1.82) is 0 Å². The van der Waals surface area contributed by atoms with Gasteiger partial charge >= 0.3 is 5.97 Å². The van der Waals surface area contributed by atoms with E-state index in [1.54, 1.807) is 10.9 Å². The van der Waals surface area contributed by atoms with Crippen molar-refractivity contribution >= 4 is 11.7 Å². The summed E-state index contributed by atoms with van der Waals surface area (Å²) in [6.07, 6.45) is 1.60. The summed E-state index contributed by atoms with van der Waals surface area (Å²) in [5.41, 5.74) is 6.10. The molecule has 6 heteroatoms. The standard InChI is InChI=1S/C9H15N3O3/c1-3-12-6-7(10)8(11-12)9(13)15-5-4-14-2/h6H,3-5,10H2,1-2H3. The van der Waals surface area contributed by atoms with Gasteiger partial charge in [-0.1, -0.05) is 0 Å². The number of nitrogens with two attached hydrogens (primary N) is 1. The molecule has 0 saturated heterocycles. The topological polar surface area (TPSA) is 79.4 Å². The number of aromatic nitrogens is 2. The van der Waals surface area contributed by atoms with Gasteiger partial charge in [-0.05, 0) is 6.92 Å². The molecule has 0 unspecified atom stereocenters. The second-order valence-corrected chi connectivity index (χ2v) is 2.92. The van der Waals surface area contributed by atoms with Crippen LogP contribution in [0.25, 0.3) is 0 Å². The Morgan fingerprint density at radius 1 is 1.60 bits per heavy atom. The fourth-order valence-electron chi connectivity index (χ4n) is 1.04. The quantitative estimate of drug-likeness (QED) is 0.561. The first kappa shape index (κ1) is 11.5. The smallest absolute Gasteiger partial charge is 0.361 e. The maximum Gasteiger partial charge on any atom is 0.361 e. The molecular weight excluding hydrogens is 198 g/mol. The Morgan fingerprint density at radius 2 is 2.33 bits per heavy atom. The first-order chi connectivity index (χ1) is 7.19.